The molecule has 18 heavy (non-hydrogen) atoms. The zero-order valence-corrected chi connectivity index (χ0v) is 11.1. The van der Waals surface area contributed by atoms with Crippen LogP contribution in [-0.4, -0.2) is 17.5 Å². The molecule has 0 radical (unpaired) electrons. The highest BCUT2D eigenvalue weighted by molar-refractivity contribution is 5.42. The Morgan fingerprint density at radius 3 is 2.78 bits per heavy atom. The third-order valence-corrected chi connectivity index (χ3v) is 4.12. The number of nitrogens with zero attached hydrogens (tertiary/aromatic N) is 1. The molecule has 1 aromatic carbocycles. The quantitative estimate of drug-likeness (QED) is 0.658. The van der Waals surface area contributed by atoms with Crippen molar-refractivity contribution in [2.24, 2.45) is 5.92 Å². The van der Waals surface area contributed by atoms with Gasteiger partial charge in [-0.25, -0.2) is 0 Å². The third kappa shape index (κ3) is 2.25. The fraction of sp³-hybridized carbons (Fsp3) is 0.571. The summed E-state index contributed by atoms with van der Waals surface area (Å²) in [4.78, 5) is 10.5. The van der Waals surface area contributed by atoms with E-state index in [0.29, 0.717) is 17.9 Å². The van der Waals surface area contributed by atoms with Gasteiger partial charge in [0.15, 0.2) is 0 Å². The van der Waals surface area contributed by atoms with Crippen LogP contribution in [0.1, 0.15) is 37.3 Å². The molecule has 1 aliphatic carbocycles. The fourth-order valence-electron chi connectivity index (χ4n) is 2.87. The van der Waals surface area contributed by atoms with Crippen molar-refractivity contribution in [3.8, 4) is 0 Å². The first-order valence-corrected chi connectivity index (χ1v) is 6.53. The molecule has 0 amide bonds. The molecule has 1 aromatic rings. The average Bonchev–Trinajstić information content (AvgIpc) is 2.34. The molecule has 0 aromatic heterocycles. The number of non-ortho nitro benzene ring substituents is 1. The van der Waals surface area contributed by atoms with Crippen molar-refractivity contribution >= 4 is 5.69 Å². The molecule has 4 nitrogen and oxygen atoms in total. The molecule has 3 unspecified atom stereocenters. The topological polar surface area (TPSA) is 55.2 Å². The summed E-state index contributed by atoms with van der Waals surface area (Å²) in [5.41, 5.74) is 2.51. The molecular weight excluding hydrogens is 228 g/mol. The van der Waals surface area contributed by atoms with Crippen LogP contribution >= 0.6 is 0 Å². The van der Waals surface area contributed by atoms with Gasteiger partial charge in [0.05, 0.1) is 4.92 Å². The Kier molecular flexibility index (Phi) is 3.66. The summed E-state index contributed by atoms with van der Waals surface area (Å²) in [5.74, 6) is 1.000. The van der Waals surface area contributed by atoms with Gasteiger partial charge < -0.3 is 5.32 Å². The number of hydrogen-bond donors (Lipinski definition) is 1. The summed E-state index contributed by atoms with van der Waals surface area (Å²) in [7, 11) is 0. The van der Waals surface area contributed by atoms with Crippen LogP contribution in [0.4, 0.5) is 5.69 Å². The zero-order valence-electron chi connectivity index (χ0n) is 11.1. The van der Waals surface area contributed by atoms with Crippen LogP contribution in [0.25, 0.3) is 0 Å². The first-order chi connectivity index (χ1) is 8.54. The number of hydrogen-bond acceptors (Lipinski definition) is 3. The number of benzene rings is 1. The lowest BCUT2D eigenvalue weighted by Crippen LogP contribution is -2.47. The first-order valence-electron chi connectivity index (χ1n) is 6.53. The molecule has 1 aliphatic rings. The van der Waals surface area contributed by atoms with Gasteiger partial charge in [0.1, 0.15) is 0 Å². The van der Waals surface area contributed by atoms with Crippen molar-refractivity contribution in [2.75, 3.05) is 6.54 Å². The minimum absolute atomic E-state index is 0.203. The predicted molar refractivity (Wildman–Crippen MR) is 71.8 cm³/mol. The Bertz CT molecular complexity index is 459. The molecule has 0 spiro atoms. The Balaban J connectivity index is 2.19. The van der Waals surface area contributed by atoms with E-state index < -0.39 is 0 Å². The highest BCUT2D eigenvalue weighted by atomic mass is 16.6. The monoisotopic (exact) mass is 248 g/mol. The number of rotatable bonds is 4. The summed E-state index contributed by atoms with van der Waals surface area (Å²) in [6.45, 7) is 7.35. The SMILES string of the molecule is CCNC1CC(c2cc([N+](=O)[O-])ccc2C)C1C. The zero-order chi connectivity index (χ0) is 13.3. The summed E-state index contributed by atoms with van der Waals surface area (Å²) in [5, 5.41) is 14.3. The van der Waals surface area contributed by atoms with E-state index in [1.165, 1.54) is 0 Å². The van der Waals surface area contributed by atoms with Gasteiger partial charge in [-0.2, -0.15) is 0 Å². The second kappa shape index (κ2) is 5.06. The second-order valence-corrected chi connectivity index (χ2v) is 5.16. The molecule has 4 heteroatoms. The van der Waals surface area contributed by atoms with Gasteiger partial charge in [0.2, 0.25) is 0 Å². The van der Waals surface area contributed by atoms with Crippen molar-refractivity contribution in [2.45, 2.75) is 39.2 Å². The Morgan fingerprint density at radius 2 is 2.22 bits per heavy atom. The summed E-state index contributed by atoms with van der Waals surface area (Å²) in [6, 6.07) is 5.75. The Labute approximate surface area is 108 Å². The van der Waals surface area contributed by atoms with Crippen LogP contribution in [0.15, 0.2) is 18.2 Å². The van der Waals surface area contributed by atoms with Crippen LogP contribution in [0, 0.1) is 23.0 Å². The summed E-state index contributed by atoms with van der Waals surface area (Å²) < 4.78 is 0. The van der Waals surface area contributed by atoms with Crippen molar-refractivity contribution in [1.29, 1.82) is 0 Å². The lowest BCUT2D eigenvalue weighted by Gasteiger charge is -2.44. The highest BCUT2D eigenvalue weighted by Gasteiger charge is 2.38. The maximum absolute atomic E-state index is 10.8. The van der Waals surface area contributed by atoms with E-state index in [9.17, 15) is 10.1 Å². The van der Waals surface area contributed by atoms with E-state index in [4.69, 9.17) is 0 Å². The number of aryl methyl sites for hydroxylation is 1. The number of nitro benzene ring substituents is 1. The van der Waals surface area contributed by atoms with Crippen molar-refractivity contribution in [1.82, 2.24) is 5.32 Å². The summed E-state index contributed by atoms with van der Waals surface area (Å²) in [6.07, 6.45) is 1.08. The third-order valence-electron chi connectivity index (χ3n) is 4.12. The molecule has 1 fully saturated rings. The lowest BCUT2D eigenvalue weighted by atomic mass is 9.66. The van der Waals surface area contributed by atoms with Crippen molar-refractivity contribution in [3.63, 3.8) is 0 Å². The van der Waals surface area contributed by atoms with Gasteiger partial charge in [0, 0.05) is 18.2 Å². The van der Waals surface area contributed by atoms with Crippen LogP contribution in [0.3, 0.4) is 0 Å². The normalized spacial score (nSPS) is 26.7. The minimum atomic E-state index is -0.311. The predicted octanol–water partition coefficient (Wildman–Crippen LogP) is 3.00. The number of nitrogens with one attached hydrogen (secondary N) is 1. The largest absolute Gasteiger partial charge is 0.314 e. The van der Waals surface area contributed by atoms with Gasteiger partial charge >= 0.3 is 0 Å². The van der Waals surface area contributed by atoms with Crippen LogP contribution < -0.4 is 5.32 Å². The van der Waals surface area contributed by atoms with E-state index in [2.05, 4.69) is 19.2 Å². The molecule has 1 N–H and O–H groups in total. The van der Waals surface area contributed by atoms with Gasteiger partial charge in [-0.05, 0) is 42.9 Å². The van der Waals surface area contributed by atoms with E-state index in [1.807, 2.05) is 13.0 Å². The number of nitro groups is 1. The molecule has 0 saturated heterocycles. The second-order valence-electron chi connectivity index (χ2n) is 5.16. The average molecular weight is 248 g/mol. The maximum atomic E-state index is 10.8. The van der Waals surface area contributed by atoms with Crippen molar-refractivity contribution in [3.05, 3.63) is 39.4 Å². The standard InChI is InChI=1S/C14H20N2O2/c1-4-15-14-8-13(10(14)3)12-7-11(16(17)18)6-5-9(12)2/h5-7,10,13-15H,4,8H2,1-3H3. The van der Waals surface area contributed by atoms with Gasteiger partial charge in [-0.3, -0.25) is 10.1 Å². The molecule has 3 atom stereocenters. The van der Waals surface area contributed by atoms with Crippen LogP contribution in [-0.2, 0) is 0 Å². The first kappa shape index (κ1) is 13.0. The molecule has 0 aliphatic heterocycles. The summed E-state index contributed by atoms with van der Waals surface area (Å²) >= 11 is 0. The van der Waals surface area contributed by atoms with E-state index in [0.717, 1.165) is 24.1 Å². The van der Waals surface area contributed by atoms with Crippen molar-refractivity contribution < 1.29 is 4.92 Å². The maximum Gasteiger partial charge on any atom is 0.269 e. The molecule has 98 valence electrons. The Hall–Kier alpha value is -1.42. The highest BCUT2D eigenvalue weighted by Crippen LogP contribution is 2.44. The molecular formula is C14H20N2O2. The van der Waals surface area contributed by atoms with Gasteiger partial charge in [-0.15, -0.1) is 0 Å². The van der Waals surface area contributed by atoms with Crippen LogP contribution in [0.5, 0.6) is 0 Å². The van der Waals surface area contributed by atoms with E-state index >= 15 is 0 Å². The Morgan fingerprint density at radius 1 is 1.50 bits per heavy atom. The fourth-order valence-corrected chi connectivity index (χ4v) is 2.87. The van der Waals surface area contributed by atoms with Gasteiger partial charge in [0.25, 0.3) is 5.69 Å². The molecule has 0 bridgehead atoms. The van der Waals surface area contributed by atoms with Crippen LogP contribution in [0.2, 0.25) is 0 Å². The lowest BCUT2D eigenvalue weighted by molar-refractivity contribution is -0.385. The molecule has 2 rings (SSSR count). The molecule has 0 heterocycles. The minimum Gasteiger partial charge on any atom is -0.314 e. The van der Waals surface area contributed by atoms with E-state index in [-0.39, 0.29) is 10.6 Å². The smallest absolute Gasteiger partial charge is 0.269 e. The van der Waals surface area contributed by atoms with Gasteiger partial charge in [-0.1, -0.05) is 19.9 Å². The molecule has 1 saturated carbocycles. The van der Waals surface area contributed by atoms with E-state index in [1.54, 1.807) is 12.1 Å².